The Morgan fingerprint density at radius 1 is 1.16 bits per heavy atom. The maximum absolute atomic E-state index is 6.32. The first-order valence-corrected chi connectivity index (χ1v) is 12.5. The zero-order chi connectivity index (χ0) is 21.9. The number of halogens is 1. The third-order valence-corrected chi connectivity index (χ3v) is 7.45. The molecule has 2 aromatic rings. The van der Waals surface area contributed by atoms with Crippen molar-refractivity contribution in [3.05, 3.63) is 77.1 Å². The molecule has 0 bridgehead atoms. The molecule has 3 unspecified atom stereocenters. The Bertz CT molecular complexity index is 998. The number of thioether (sulfide) groups is 1. The van der Waals surface area contributed by atoms with E-state index in [4.69, 9.17) is 16.3 Å². The molecule has 3 aliphatic rings. The molecule has 6 nitrogen and oxygen atoms in total. The molecule has 1 saturated heterocycles. The van der Waals surface area contributed by atoms with Gasteiger partial charge in [0, 0.05) is 23.2 Å². The van der Waals surface area contributed by atoms with Crippen LogP contribution in [0.25, 0.3) is 0 Å². The maximum Gasteiger partial charge on any atom is 0.189 e. The molecule has 5 rings (SSSR count). The van der Waals surface area contributed by atoms with E-state index in [1.54, 1.807) is 11.8 Å². The van der Waals surface area contributed by atoms with Gasteiger partial charge in [0.2, 0.25) is 0 Å². The first-order chi connectivity index (χ1) is 15.7. The number of unbranched alkanes of at least 4 members (excludes halogenated alkanes) is 1. The molecule has 3 heterocycles. The van der Waals surface area contributed by atoms with E-state index in [-0.39, 0.29) is 18.2 Å². The Morgan fingerprint density at radius 3 is 2.81 bits per heavy atom. The van der Waals surface area contributed by atoms with Crippen molar-refractivity contribution in [1.29, 1.82) is 0 Å². The number of fused-ring (bicyclic) bond motifs is 3. The predicted molar refractivity (Wildman–Crippen MR) is 131 cm³/mol. The zero-order valence-corrected chi connectivity index (χ0v) is 19.6. The highest BCUT2D eigenvalue weighted by Crippen LogP contribution is 2.36. The molecule has 0 amide bonds. The molecule has 8 heteroatoms. The van der Waals surface area contributed by atoms with Crippen LogP contribution in [0, 0.1) is 0 Å². The summed E-state index contributed by atoms with van der Waals surface area (Å²) in [5.74, 6) is 1.73. The normalized spacial score (nSPS) is 23.6. The zero-order valence-electron chi connectivity index (χ0n) is 18.1. The van der Waals surface area contributed by atoms with Crippen LogP contribution in [0.4, 0.5) is 0 Å². The van der Waals surface area contributed by atoms with Gasteiger partial charge in [-0.2, -0.15) is 5.10 Å². The van der Waals surface area contributed by atoms with Crippen molar-refractivity contribution in [2.75, 3.05) is 6.61 Å². The molecule has 2 N–H and O–H groups in total. The Hall–Kier alpha value is -2.35. The van der Waals surface area contributed by atoms with Crippen LogP contribution in [0.1, 0.15) is 43.4 Å². The lowest BCUT2D eigenvalue weighted by Crippen LogP contribution is -2.54. The topological polar surface area (TPSA) is 52.1 Å². The molecule has 1 fully saturated rings. The number of nitrogens with zero attached hydrogens (tertiary/aromatic N) is 3. The minimum Gasteiger partial charge on any atom is -0.494 e. The number of amidine groups is 1. The van der Waals surface area contributed by atoms with Crippen molar-refractivity contribution in [3.8, 4) is 5.75 Å². The van der Waals surface area contributed by atoms with Gasteiger partial charge >= 0.3 is 0 Å². The Kier molecular flexibility index (Phi) is 6.48. The molecule has 0 saturated carbocycles. The summed E-state index contributed by atoms with van der Waals surface area (Å²) < 4.78 is 5.81. The third kappa shape index (κ3) is 4.42. The summed E-state index contributed by atoms with van der Waals surface area (Å²) in [6.07, 6.45) is 7.54. The van der Waals surface area contributed by atoms with Crippen LogP contribution in [0.15, 0.2) is 66.0 Å². The summed E-state index contributed by atoms with van der Waals surface area (Å²) in [5, 5.41) is 8.60. The fourth-order valence-corrected chi connectivity index (χ4v) is 5.51. The van der Waals surface area contributed by atoms with E-state index in [1.165, 1.54) is 5.56 Å². The van der Waals surface area contributed by atoms with E-state index in [0.717, 1.165) is 53.1 Å². The first kappa shape index (κ1) is 21.5. The molecular formula is C24H28ClN5OS. The van der Waals surface area contributed by atoms with Crippen molar-refractivity contribution in [2.45, 2.75) is 50.2 Å². The highest BCUT2D eigenvalue weighted by molar-refractivity contribution is 8.13. The van der Waals surface area contributed by atoms with Gasteiger partial charge in [-0.3, -0.25) is 5.43 Å². The standard InChI is InChI=1S/C24H28ClN5OS/c1-2-3-14-31-19-10-8-17(9-11-19)21-15-22-23-26-27-24(29(23)12-13-30(22)28-21)32-16-18-6-4-5-7-20(18)25/h4-13,21-23,26,28H,2-3,14-16H2,1H3. The van der Waals surface area contributed by atoms with Gasteiger partial charge in [0.25, 0.3) is 0 Å². The molecule has 32 heavy (non-hydrogen) atoms. The molecule has 0 aliphatic carbocycles. The summed E-state index contributed by atoms with van der Waals surface area (Å²) in [6, 6.07) is 17.0. The van der Waals surface area contributed by atoms with Crippen molar-refractivity contribution in [3.63, 3.8) is 0 Å². The summed E-state index contributed by atoms with van der Waals surface area (Å²) in [5.41, 5.74) is 9.38. The second-order valence-electron chi connectivity index (χ2n) is 8.22. The van der Waals surface area contributed by atoms with E-state index in [0.29, 0.717) is 0 Å². The molecule has 0 spiro atoms. The minimum atomic E-state index is 0.114. The van der Waals surface area contributed by atoms with Crippen LogP contribution in [0.3, 0.4) is 0 Å². The molecule has 3 aliphatic heterocycles. The average Bonchev–Trinajstić information content (AvgIpc) is 3.43. The van der Waals surface area contributed by atoms with E-state index in [2.05, 4.69) is 75.5 Å². The smallest absolute Gasteiger partial charge is 0.189 e. The summed E-state index contributed by atoms with van der Waals surface area (Å²) in [7, 11) is 0. The molecule has 3 atom stereocenters. The Balaban J connectivity index is 1.19. The van der Waals surface area contributed by atoms with Gasteiger partial charge < -0.3 is 14.6 Å². The van der Waals surface area contributed by atoms with Gasteiger partial charge in [-0.05, 0) is 42.2 Å². The number of hydrogen-bond acceptors (Lipinski definition) is 7. The number of ether oxygens (including phenoxy) is 1. The number of hydrazone groups is 1. The van der Waals surface area contributed by atoms with Crippen LogP contribution in [0.2, 0.25) is 5.02 Å². The van der Waals surface area contributed by atoms with Crippen molar-refractivity contribution < 1.29 is 4.74 Å². The van der Waals surface area contributed by atoms with Crippen LogP contribution >= 0.6 is 23.4 Å². The van der Waals surface area contributed by atoms with Gasteiger partial charge in [-0.15, -0.1) is 0 Å². The lowest BCUT2D eigenvalue weighted by Gasteiger charge is -2.36. The summed E-state index contributed by atoms with van der Waals surface area (Å²) in [4.78, 5) is 2.23. The molecule has 168 valence electrons. The summed E-state index contributed by atoms with van der Waals surface area (Å²) >= 11 is 8.02. The quantitative estimate of drug-likeness (QED) is 0.553. The van der Waals surface area contributed by atoms with Crippen LogP contribution in [-0.4, -0.2) is 33.9 Å². The number of benzene rings is 2. The average molecular weight is 470 g/mol. The molecular weight excluding hydrogens is 442 g/mol. The van der Waals surface area contributed by atoms with Crippen LogP contribution in [0.5, 0.6) is 5.75 Å². The van der Waals surface area contributed by atoms with Crippen LogP contribution in [-0.2, 0) is 5.75 Å². The van der Waals surface area contributed by atoms with E-state index in [1.807, 2.05) is 18.2 Å². The minimum absolute atomic E-state index is 0.114. The van der Waals surface area contributed by atoms with E-state index >= 15 is 0 Å². The van der Waals surface area contributed by atoms with Gasteiger partial charge in [-0.1, -0.05) is 67.0 Å². The lowest BCUT2D eigenvalue weighted by atomic mass is 10.00. The largest absolute Gasteiger partial charge is 0.494 e. The van der Waals surface area contributed by atoms with Gasteiger partial charge in [0.05, 0.1) is 18.7 Å². The highest BCUT2D eigenvalue weighted by Gasteiger charge is 2.44. The van der Waals surface area contributed by atoms with Gasteiger partial charge in [0.1, 0.15) is 11.9 Å². The third-order valence-electron chi connectivity index (χ3n) is 6.07. The molecule has 2 aromatic carbocycles. The number of hydrazine groups is 1. The number of hydrogen-bond donors (Lipinski definition) is 2. The fourth-order valence-electron chi connectivity index (χ4n) is 4.26. The monoisotopic (exact) mass is 469 g/mol. The maximum atomic E-state index is 6.32. The highest BCUT2D eigenvalue weighted by atomic mass is 35.5. The SMILES string of the molecule is CCCCOc1ccc(C2CC3C4NN=C(SCc5ccccc5Cl)N4C=CN3N2)cc1. The van der Waals surface area contributed by atoms with E-state index in [9.17, 15) is 0 Å². The van der Waals surface area contributed by atoms with Gasteiger partial charge in [0.15, 0.2) is 5.17 Å². The van der Waals surface area contributed by atoms with Crippen molar-refractivity contribution in [2.24, 2.45) is 5.10 Å². The van der Waals surface area contributed by atoms with Crippen molar-refractivity contribution >= 4 is 28.5 Å². The predicted octanol–water partition coefficient (Wildman–Crippen LogP) is 5.06. The molecule has 0 aromatic heterocycles. The van der Waals surface area contributed by atoms with Gasteiger partial charge in [-0.25, -0.2) is 5.43 Å². The Labute approximate surface area is 198 Å². The van der Waals surface area contributed by atoms with E-state index < -0.39 is 0 Å². The molecule has 0 radical (unpaired) electrons. The summed E-state index contributed by atoms with van der Waals surface area (Å²) in [6.45, 7) is 2.95. The van der Waals surface area contributed by atoms with Crippen molar-refractivity contribution in [1.82, 2.24) is 20.8 Å². The lowest BCUT2D eigenvalue weighted by molar-refractivity contribution is 0.152. The second-order valence-corrected chi connectivity index (χ2v) is 9.57. The van der Waals surface area contributed by atoms with Crippen LogP contribution < -0.4 is 15.6 Å². The number of nitrogens with one attached hydrogen (secondary N) is 2. The first-order valence-electron chi connectivity index (χ1n) is 11.2. The Morgan fingerprint density at radius 2 is 2.00 bits per heavy atom. The fraction of sp³-hybridized carbons (Fsp3) is 0.375. The second kappa shape index (κ2) is 9.65. The number of rotatable bonds is 7.